The molecule has 0 amide bonds. The summed E-state index contributed by atoms with van der Waals surface area (Å²) in [6, 6.07) is 14.4. The van der Waals surface area contributed by atoms with Crippen LogP contribution in [0, 0.1) is 0 Å². The normalized spacial score (nSPS) is 14.1. The highest BCUT2D eigenvalue weighted by molar-refractivity contribution is 8.00. The van der Waals surface area contributed by atoms with E-state index in [2.05, 4.69) is 58.6 Å². The van der Waals surface area contributed by atoms with Gasteiger partial charge in [-0.25, -0.2) is 9.97 Å². The molecule has 0 radical (unpaired) electrons. The summed E-state index contributed by atoms with van der Waals surface area (Å²) < 4.78 is 6.46. The fourth-order valence-electron chi connectivity index (χ4n) is 3.64. The fraction of sp³-hybridized carbons (Fsp3) is 0.292. The Balaban J connectivity index is 1.39. The lowest BCUT2D eigenvalue weighted by Crippen LogP contribution is -2.36. The number of thiophene rings is 1. The molecule has 1 fully saturated rings. The standard InChI is InChI=1S/C24H26N6OS2/c1-16(2)33-20-6-4-3-5-18(20)26-23-22-19(9-14-32-22)27-24(29-23)28-21-8-7-17(15-25-21)30-10-12-31-13-11-30/h3-9,14-16H,10-13H2,1-2H3,(H2,25,26,27,28,29). The van der Waals surface area contributed by atoms with Gasteiger partial charge in [-0.05, 0) is 35.7 Å². The molecule has 0 aliphatic carbocycles. The molecule has 0 saturated carbocycles. The van der Waals surface area contributed by atoms with Gasteiger partial charge in [-0.2, -0.15) is 4.98 Å². The van der Waals surface area contributed by atoms with E-state index in [1.165, 1.54) is 4.90 Å². The molecule has 4 heterocycles. The number of anilines is 5. The van der Waals surface area contributed by atoms with Crippen molar-refractivity contribution in [1.29, 1.82) is 0 Å². The average Bonchev–Trinajstić information content (AvgIpc) is 3.30. The molecule has 1 aromatic carbocycles. The van der Waals surface area contributed by atoms with Crippen molar-refractivity contribution in [3.63, 3.8) is 0 Å². The lowest BCUT2D eigenvalue weighted by atomic mass is 10.3. The minimum absolute atomic E-state index is 0.490. The zero-order valence-corrected chi connectivity index (χ0v) is 20.2. The van der Waals surface area contributed by atoms with E-state index in [9.17, 15) is 0 Å². The molecular weight excluding hydrogens is 452 g/mol. The van der Waals surface area contributed by atoms with E-state index < -0.39 is 0 Å². The molecule has 4 aromatic rings. The maximum atomic E-state index is 5.43. The number of aromatic nitrogens is 3. The van der Waals surface area contributed by atoms with E-state index in [0.717, 1.165) is 53.7 Å². The Kier molecular flexibility index (Phi) is 6.61. The Labute approximate surface area is 201 Å². The molecule has 5 rings (SSSR count). The van der Waals surface area contributed by atoms with Crippen LogP contribution in [0.25, 0.3) is 10.2 Å². The first kappa shape index (κ1) is 21.9. The second-order valence-electron chi connectivity index (χ2n) is 7.94. The van der Waals surface area contributed by atoms with Gasteiger partial charge >= 0.3 is 0 Å². The van der Waals surface area contributed by atoms with Gasteiger partial charge in [-0.1, -0.05) is 26.0 Å². The van der Waals surface area contributed by atoms with Crippen molar-refractivity contribution in [2.75, 3.05) is 41.8 Å². The van der Waals surface area contributed by atoms with Crippen molar-refractivity contribution in [2.45, 2.75) is 24.0 Å². The smallest absolute Gasteiger partial charge is 0.231 e. The minimum atomic E-state index is 0.490. The van der Waals surface area contributed by atoms with Crippen LogP contribution in [0.2, 0.25) is 0 Å². The maximum absolute atomic E-state index is 5.43. The zero-order valence-electron chi connectivity index (χ0n) is 18.6. The Bertz CT molecular complexity index is 1220. The zero-order chi connectivity index (χ0) is 22.6. The van der Waals surface area contributed by atoms with Gasteiger partial charge in [0.25, 0.3) is 0 Å². The van der Waals surface area contributed by atoms with Crippen molar-refractivity contribution in [1.82, 2.24) is 15.0 Å². The SMILES string of the molecule is CC(C)Sc1ccccc1Nc1nc(Nc2ccc(N3CCOCC3)cn2)nc2ccsc12. The summed E-state index contributed by atoms with van der Waals surface area (Å²) in [7, 11) is 0. The highest BCUT2D eigenvalue weighted by Crippen LogP contribution is 2.35. The molecule has 0 spiro atoms. The molecule has 170 valence electrons. The van der Waals surface area contributed by atoms with Gasteiger partial charge in [0, 0.05) is 23.2 Å². The number of ether oxygens (including phenoxy) is 1. The van der Waals surface area contributed by atoms with Gasteiger partial charge in [0.2, 0.25) is 5.95 Å². The first-order valence-electron chi connectivity index (χ1n) is 11.0. The predicted molar refractivity (Wildman–Crippen MR) is 139 cm³/mol. The van der Waals surface area contributed by atoms with Gasteiger partial charge < -0.3 is 20.3 Å². The molecule has 2 N–H and O–H groups in total. The second-order valence-corrected chi connectivity index (χ2v) is 10.5. The summed E-state index contributed by atoms with van der Waals surface area (Å²) in [5.41, 5.74) is 3.04. The number of nitrogens with zero attached hydrogens (tertiary/aromatic N) is 4. The summed E-state index contributed by atoms with van der Waals surface area (Å²) in [6.07, 6.45) is 1.88. The number of hydrogen-bond donors (Lipinski definition) is 2. The summed E-state index contributed by atoms with van der Waals surface area (Å²) >= 11 is 3.46. The van der Waals surface area contributed by atoms with Crippen LogP contribution < -0.4 is 15.5 Å². The second kappa shape index (κ2) is 9.94. The van der Waals surface area contributed by atoms with Crippen molar-refractivity contribution >= 4 is 62.3 Å². The Morgan fingerprint density at radius 3 is 2.67 bits per heavy atom. The lowest BCUT2D eigenvalue weighted by Gasteiger charge is -2.28. The molecule has 1 aliphatic rings. The van der Waals surface area contributed by atoms with Crippen molar-refractivity contribution < 1.29 is 4.74 Å². The third-order valence-electron chi connectivity index (χ3n) is 5.17. The van der Waals surface area contributed by atoms with Crippen LogP contribution in [0.1, 0.15) is 13.8 Å². The quantitative estimate of drug-likeness (QED) is 0.318. The van der Waals surface area contributed by atoms with Crippen molar-refractivity contribution in [3.05, 3.63) is 54.0 Å². The molecule has 7 nitrogen and oxygen atoms in total. The number of rotatable bonds is 7. The van der Waals surface area contributed by atoms with E-state index in [0.29, 0.717) is 17.0 Å². The first-order chi connectivity index (χ1) is 16.2. The molecule has 3 aromatic heterocycles. The van der Waals surface area contributed by atoms with Crippen LogP contribution in [0.5, 0.6) is 0 Å². The van der Waals surface area contributed by atoms with Gasteiger partial charge in [0.05, 0.1) is 41.0 Å². The van der Waals surface area contributed by atoms with E-state index in [1.807, 2.05) is 41.5 Å². The monoisotopic (exact) mass is 478 g/mol. The minimum Gasteiger partial charge on any atom is -0.378 e. The molecule has 1 saturated heterocycles. The molecular formula is C24H26N6OS2. The summed E-state index contributed by atoms with van der Waals surface area (Å²) in [5.74, 6) is 2.02. The summed E-state index contributed by atoms with van der Waals surface area (Å²) in [5, 5.41) is 9.35. The van der Waals surface area contributed by atoms with Crippen molar-refractivity contribution in [3.8, 4) is 0 Å². The highest BCUT2D eigenvalue weighted by Gasteiger charge is 2.14. The lowest BCUT2D eigenvalue weighted by molar-refractivity contribution is 0.122. The number of thioether (sulfide) groups is 1. The number of nitrogens with one attached hydrogen (secondary N) is 2. The predicted octanol–water partition coefficient (Wildman–Crippen LogP) is 5.91. The van der Waals surface area contributed by atoms with Gasteiger partial charge in [0.1, 0.15) is 5.82 Å². The number of hydrogen-bond acceptors (Lipinski definition) is 9. The summed E-state index contributed by atoms with van der Waals surface area (Å²) in [6.45, 7) is 7.67. The van der Waals surface area contributed by atoms with E-state index in [4.69, 9.17) is 14.7 Å². The molecule has 0 atom stereocenters. The molecule has 9 heteroatoms. The third kappa shape index (κ3) is 5.21. The van der Waals surface area contributed by atoms with Crippen LogP contribution >= 0.6 is 23.1 Å². The Morgan fingerprint density at radius 1 is 1.03 bits per heavy atom. The summed E-state index contributed by atoms with van der Waals surface area (Å²) in [4.78, 5) is 17.6. The molecule has 1 aliphatic heterocycles. The van der Waals surface area contributed by atoms with Crippen LogP contribution in [-0.2, 0) is 4.74 Å². The number of morpholine rings is 1. The van der Waals surface area contributed by atoms with E-state index in [1.54, 1.807) is 11.3 Å². The van der Waals surface area contributed by atoms with Gasteiger partial charge in [-0.15, -0.1) is 23.1 Å². The molecule has 0 unspecified atom stereocenters. The average molecular weight is 479 g/mol. The van der Waals surface area contributed by atoms with Gasteiger partial charge in [0.15, 0.2) is 5.82 Å². The van der Waals surface area contributed by atoms with E-state index in [-0.39, 0.29) is 0 Å². The topological polar surface area (TPSA) is 75.2 Å². The van der Waals surface area contributed by atoms with Crippen molar-refractivity contribution in [2.24, 2.45) is 0 Å². The van der Waals surface area contributed by atoms with E-state index >= 15 is 0 Å². The number of pyridine rings is 1. The highest BCUT2D eigenvalue weighted by atomic mass is 32.2. The van der Waals surface area contributed by atoms with Gasteiger partial charge in [-0.3, -0.25) is 0 Å². The fourth-order valence-corrected chi connectivity index (χ4v) is 5.33. The molecule has 33 heavy (non-hydrogen) atoms. The molecule has 0 bridgehead atoms. The number of benzene rings is 1. The Morgan fingerprint density at radius 2 is 1.88 bits per heavy atom. The van der Waals surface area contributed by atoms with Crippen LogP contribution in [0.3, 0.4) is 0 Å². The number of para-hydroxylation sites is 1. The Hall–Kier alpha value is -2.88. The van der Waals surface area contributed by atoms with Crippen LogP contribution in [-0.4, -0.2) is 46.5 Å². The van der Waals surface area contributed by atoms with Crippen LogP contribution in [0.4, 0.5) is 29.0 Å². The maximum Gasteiger partial charge on any atom is 0.231 e. The first-order valence-corrected chi connectivity index (χ1v) is 12.8. The largest absolute Gasteiger partial charge is 0.378 e. The number of fused-ring (bicyclic) bond motifs is 1. The third-order valence-corrected chi connectivity index (χ3v) is 7.16. The van der Waals surface area contributed by atoms with Crippen LogP contribution in [0.15, 0.2) is 58.9 Å².